The largest absolute Gasteiger partial charge is 0.322 e. The second-order valence-corrected chi connectivity index (χ2v) is 10.3. The summed E-state index contributed by atoms with van der Waals surface area (Å²) in [5, 5.41) is 0. The van der Waals surface area contributed by atoms with Gasteiger partial charge in [0.25, 0.3) is 0 Å². The molecule has 0 saturated heterocycles. The van der Waals surface area contributed by atoms with Crippen molar-refractivity contribution in [3.05, 3.63) is 53.7 Å². The zero-order valence-electron chi connectivity index (χ0n) is 16.4. The maximum atomic E-state index is 4.97. The molecular weight excluding hydrogens is 328 g/mol. The van der Waals surface area contributed by atoms with Crippen molar-refractivity contribution >= 4 is 11.5 Å². The normalized spacial score (nSPS) is 45.3. The summed E-state index contributed by atoms with van der Waals surface area (Å²) in [7, 11) is 0. The summed E-state index contributed by atoms with van der Waals surface area (Å²) >= 11 is 0. The molecule has 2 spiro atoms. The first kappa shape index (κ1) is 15.1. The summed E-state index contributed by atoms with van der Waals surface area (Å²) in [5.74, 6) is 5.05. The lowest BCUT2D eigenvalue weighted by atomic mass is 9.38. The van der Waals surface area contributed by atoms with E-state index in [1.165, 1.54) is 49.2 Å². The highest BCUT2D eigenvalue weighted by Gasteiger charge is 2.81. The summed E-state index contributed by atoms with van der Waals surface area (Å²) in [6.45, 7) is 4.77. The van der Waals surface area contributed by atoms with E-state index in [-0.39, 0.29) is 0 Å². The number of para-hydroxylation sites is 1. The number of nitrogens with zero attached hydrogens (tertiary/aromatic N) is 2. The summed E-state index contributed by atoms with van der Waals surface area (Å²) in [6, 6.07) is 14.0. The second-order valence-electron chi connectivity index (χ2n) is 10.3. The number of benzene rings is 1. The average molecular weight is 357 g/mol. The first-order valence-electron chi connectivity index (χ1n) is 11.0. The van der Waals surface area contributed by atoms with Crippen LogP contribution in [-0.2, 0) is 5.41 Å². The molecule has 7 rings (SSSR count). The van der Waals surface area contributed by atoms with E-state index in [1.807, 2.05) is 6.20 Å². The molecule has 1 aliphatic heterocycles. The number of rotatable bonds is 1. The van der Waals surface area contributed by atoms with E-state index in [9.17, 15) is 0 Å². The van der Waals surface area contributed by atoms with E-state index in [0.29, 0.717) is 16.9 Å². The van der Waals surface area contributed by atoms with Crippen LogP contribution in [-0.4, -0.2) is 11.0 Å². The molecule has 0 amide bonds. The summed E-state index contributed by atoms with van der Waals surface area (Å²) in [5.41, 5.74) is 5.34. The Balaban J connectivity index is 1.46. The zero-order valence-corrected chi connectivity index (χ0v) is 16.4. The molecule has 0 N–H and O–H groups in total. The Morgan fingerprint density at radius 2 is 1.70 bits per heavy atom. The highest BCUT2D eigenvalue weighted by molar-refractivity contribution is 5.74. The molecule has 2 heteroatoms. The first-order chi connectivity index (χ1) is 13.2. The first-order valence-corrected chi connectivity index (χ1v) is 11.0. The fourth-order valence-corrected chi connectivity index (χ4v) is 9.25. The highest BCUT2D eigenvalue weighted by Crippen LogP contribution is 2.84. The van der Waals surface area contributed by atoms with Gasteiger partial charge in [-0.3, -0.25) is 0 Å². The van der Waals surface area contributed by atoms with Gasteiger partial charge in [0.15, 0.2) is 0 Å². The van der Waals surface area contributed by atoms with Crippen LogP contribution in [0, 0.1) is 36.0 Å². The molecule has 4 saturated carbocycles. The quantitative estimate of drug-likeness (QED) is 0.659. The SMILES string of the molecule is Cc1ccccc1N1c2ncccc2C2(C3CC4CC5CC2C3(C4)C5)[C@@H]1C. The number of aromatic nitrogens is 1. The van der Waals surface area contributed by atoms with Gasteiger partial charge in [0.05, 0.1) is 0 Å². The third-order valence-electron chi connectivity index (χ3n) is 9.62. The van der Waals surface area contributed by atoms with Crippen LogP contribution < -0.4 is 4.90 Å². The van der Waals surface area contributed by atoms with Gasteiger partial charge in [0.1, 0.15) is 5.82 Å². The van der Waals surface area contributed by atoms with E-state index in [0.717, 1.165) is 23.7 Å². The van der Waals surface area contributed by atoms with Crippen LogP contribution in [0.3, 0.4) is 0 Å². The smallest absolute Gasteiger partial charge is 0.137 e. The van der Waals surface area contributed by atoms with Gasteiger partial charge in [-0.15, -0.1) is 0 Å². The third-order valence-corrected chi connectivity index (χ3v) is 9.62. The molecule has 1 aromatic carbocycles. The van der Waals surface area contributed by atoms with Crippen LogP contribution in [0.15, 0.2) is 42.6 Å². The topological polar surface area (TPSA) is 16.1 Å². The van der Waals surface area contributed by atoms with Gasteiger partial charge in [-0.05, 0) is 92.7 Å². The van der Waals surface area contributed by atoms with Gasteiger partial charge in [-0.25, -0.2) is 4.98 Å². The van der Waals surface area contributed by atoms with Crippen LogP contribution in [0.25, 0.3) is 0 Å². The maximum absolute atomic E-state index is 4.97. The number of hydrogen-bond acceptors (Lipinski definition) is 2. The number of hydrogen-bond donors (Lipinski definition) is 0. The summed E-state index contributed by atoms with van der Waals surface area (Å²) in [6.07, 6.45) is 9.56. The molecule has 2 nitrogen and oxygen atoms in total. The second kappa shape index (κ2) is 4.59. The highest BCUT2D eigenvalue weighted by atomic mass is 15.3. The Morgan fingerprint density at radius 1 is 0.963 bits per heavy atom. The van der Waals surface area contributed by atoms with E-state index >= 15 is 0 Å². The van der Waals surface area contributed by atoms with Crippen LogP contribution in [0.1, 0.15) is 50.2 Å². The van der Waals surface area contributed by atoms with Crippen LogP contribution in [0.2, 0.25) is 0 Å². The van der Waals surface area contributed by atoms with E-state index in [4.69, 9.17) is 4.98 Å². The van der Waals surface area contributed by atoms with Gasteiger partial charge in [0, 0.05) is 28.9 Å². The molecule has 138 valence electrons. The minimum atomic E-state index is 0.343. The maximum Gasteiger partial charge on any atom is 0.137 e. The van der Waals surface area contributed by atoms with Crippen molar-refractivity contribution in [1.82, 2.24) is 4.98 Å². The van der Waals surface area contributed by atoms with Crippen LogP contribution in [0.4, 0.5) is 11.5 Å². The van der Waals surface area contributed by atoms with Crippen molar-refractivity contribution in [1.29, 1.82) is 0 Å². The lowest BCUT2D eigenvalue weighted by Gasteiger charge is -2.65. The van der Waals surface area contributed by atoms with E-state index in [2.05, 4.69) is 55.1 Å². The van der Waals surface area contributed by atoms with Crippen LogP contribution >= 0.6 is 0 Å². The average Bonchev–Trinajstić information content (AvgIpc) is 3.17. The molecule has 27 heavy (non-hydrogen) atoms. The standard InChI is InChI=1S/C25H28N2/c1-15-6-3-4-8-20(15)27-16(2)25(19-7-5-9-26-23(19)27)21-11-17-10-18-12-22(25)24(21,13-17)14-18/h3-9,16-18,21-22H,10-14H2,1-2H3/t16-,17?,18?,21?,22?,24?,25?/m0/s1. The van der Waals surface area contributed by atoms with Crippen molar-refractivity contribution in [2.24, 2.45) is 29.1 Å². The van der Waals surface area contributed by atoms with Crippen molar-refractivity contribution in [2.75, 3.05) is 4.90 Å². The minimum absolute atomic E-state index is 0.343. The van der Waals surface area contributed by atoms with Crippen molar-refractivity contribution < 1.29 is 0 Å². The number of anilines is 2. The molecule has 0 radical (unpaired) electrons. The molecule has 4 aliphatic carbocycles. The predicted octanol–water partition coefficient (Wildman–Crippen LogP) is 5.62. The Morgan fingerprint density at radius 3 is 2.44 bits per heavy atom. The number of fused-ring (bicyclic) bond motifs is 6. The molecule has 4 fully saturated rings. The number of pyridine rings is 1. The molecule has 5 aliphatic rings. The lowest BCUT2D eigenvalue weighted by Crippen LogP contribution is -2.67. The molecule has 2 heterocycles. The molecule has 5 atom stereocenters. The fraction of sp³-hybridized carbons (Fsp3) is 0.560. The van der Waals surface area contributed by atoms with Gasteiger partial charge >= 0.3 is 0 Å². The predicted molar refractivity (Wildman–Crippen MR) is 108 cm³/mol. The molecule has 1 aromatic heterocycles. The minimum Gasteiger partial charge on any atom is -0.322 e. The van der Waals surface area contributed by atoms with Gasteiger partial charge in [0.2, 0.25) is 0 Å². The zero-order chi connectivity index (χ0) is 18.0. The molecular formula is C25H28N2. The Kier molecular flexibility index (Phi) is 2.57. The van der Waals surface area contributed by atoms with E-state index in [1.54, 1.807) is 5.56 Å². The summed E-state index contributed by atoms with van der Waals surface area (Å²) < 4.78 is 0. The van der Waals surface area contributed by atoms with Gasteiger partial charge in [-0.1, -0.05) is 24.3 Å². The van der Waals surface area contributed by atoms with Gasteiger partial charge < -0.3 is 4.90 Å². The Labute approximate surface area is 162 Å². The molecule has 2 aromatic rings. The van der Waals surface area contributed by atoms with E-state index < -0.39 is 0 Å². The summed E-state index contributed by atoms with van der Waals surface area (Å²) in [4.78, 5) is 7.58. The van der Waals surface area contributed by atoms with Crippen LogP contribution in [0.5, 0.6) is 0 Å². The lowest BCUT2D eigenvalue weighted by molar-refractivity contribution is -0.113. The number of aryl methyl sites for hydroxylation is 1. The molecule has 4 unspecified atom stereocenters. The monoisotopic (exact) mass is 356 g/mol. The van der Waals surface area contributed by atoms with Gasteiger partial charge in [-0.2, -0.15) is 0 Å². The molecule has 3 bridgehead atoms. The fourth-order valence-electron chi connectivity index (χ4n) is 9.25. The third kappa shape index (κ3) is 1.46. The van der Waals surface area contributed by atoms with Crippen molar-refractivity contribution in [3.8, 4) is 0 Å². The van der Waals surface area contributed by atoms with Crippen molar-refractivity contribution in [2.45, 2.75) is 57.4 Å². The Hall–Kier alpha value is -1.83. The Bertz CT molecular complexity index is 938. The van der Waals surface area contributed by atoms with Crippen molar-refractivity contribution in [3.63, 3.8) is 0 Å².